The van der Waals surface area contributed by atoms with Crippen LogP contribution in [0.4, 0.5) is 14.5 Å². The maximum absolute atomic E-state index is 14.2. The molecular weight excluding hydrogens is 612 g/mol. The summed E-state index contributed by atoms with van der Waals surface area (Å²) >= 11 is 6.01. The zero-order valence-corrected chi connectivity index (χ0v) is 26.5. The number of hydrogen-bond acceptors (Lipinski definition) is 7. The zero-order chi connectivity index (χ0) is 32.6. The van der Waals surface area contributed by atoms with Crippen LogP contribution in [0.5, 0.6) is 5.75 Å². The average molecular weight is 652 g/mol. The smallest absolute Gasteiger partial charge is 0.387 e. The van der Waals surface area contributed by atoms with Crippen molar-refractivity contribution in [2.24, 2.45) is 5.41 Å². The molecule has 1 aromatic heterocycles. The van der Waals surface area contributed by atoms with Gasteiger partial charge in [0.1, 0.15) is 11.1 Å². The minimum Gasteiger partial charge on any atom is -0.481 e. The fraction of sp³-hybridized carbons (Fsp3) is 0.613. The molecule has 2 aliphatic heterocycles. The number of benzene rings is 1. The second-order valence-electron chi connectivity index (χ2n) is 12.7. The van der Waals surface area contributed by atoms with Crippen LogP contribution in [0.3, 0.4) is 0 Å². The Bertz CT molecular complexity index is 1410. The van der Waals surface area contributed by atoms with Crippen LogP contribution in [0.2, 0.25) is 5.02 Å². The molecule has 0 radical (unpaired) electrons. The summed E-state index contributed by atoms with van der Waals surface area (Å²) in [6.07, 6.45) is 4.23. The van der Waals surface area contributed by atoms with Gasteiger partial charge in [0.05, 0.1) is 11.1 Å². The Hall–Kier alpha value is -3.29. The fourth-order valence-corrected chi connectivity index (χ4v) is 6.83. The molecule has 14 heteroatoms. The highest BCUT2D eigenvalue weighted by Gasteiger charge is 2.54. The predicted octanol–water partition coefficient (Wildman–Crippen LogP) is 4.56. The Morgan fingerprint density at radius 2 is 1.71 bits per heavy atom. The number of anilines is 1. The summed E-state index contributed by atoms with van der Waals surface area (Å²) in [6, 6.07) is 5.96. The van der Waals surface area contributed by atoms with Gasteiger partial charge in [-0.25, -0.2) is 0 Å². The number of ether oxygens (including phenoxy) is 2. The van der Waals surface area contributed by atoms with Crippen LogP contribution in [0.15, 0.2) is 30.5 Å². The third-order valence-electron chi connectivity index (χ3n) is 9.66. The van der Waals surface area contributed by atoms with Crippen molar-refractivity contribution in [2.45, 2.75) is 76.0 Å². The second kappa shape index (κ2) is 12.8. The van der Waals surface area contributed by atoms with Gasteiger partial charge in [-0.05, 0) is 62.6 Å². The summed E-state index contributed by atoms with van der Waals surface area (Å²) in [4.78, 5) is 43.6. The van der Waals surface area contributed by atoms with Crippen LogP contribution in [-0.2, 0) is 24.7 Å². The molecule has 2 N–H and O–H groups in total. The van der Waals surface area contributed by atoms with Crippen molar-refractivity contribution in [1.82, 2.24) is 19.6 Å². The number of hydrogen-bond donors (Lipinski definition) is 2. The number of alkyl halides is 2. The number of aromatic nitrogens is 2. The molecule has 3 heterocycles. The van der Waals surface area contributed by atoms with Crippen LogP contribution in [-0.4, -0.2) is 94.5 Å². The number of likely N-dealkylation sites (tertiary alicyclic amines) is 2. The van der Waals surface area contributed by atoms with E-state index < -0.39 is 35.0 Å². The topological polar surface area (TPSA) is 126 Å². The minimum atomic E-state index is -3.11. The van der Waals surface area contributed by atoms with Crippen LogP contribution in [0.25, 0.3) is 0 Å². The molecule has 11 nitrogen and oxygen atoms in total. The van der Waals surface area contributed by atoms with Gasteiger partial charge >= 0.3 is 12.6 Å². The van der Waals surface area contributed by atoms with Crippen molar-refractivity contribution in [2.75, 3.05) is 45.2 Å². The Balaban J connectivity index is 1.34. The van der Waals surface area contributed by atoms with E-state index in [4.69, 9.17) is 16.3 Å². The molecule has 1 aliphatic carbocycles. The molecule has 0 unspecified atom stereocenters. The van der Waals surface area contributed by atoms with Gasteiger partial charge in [0.15, 0.2) is 5.75 Å². The minimum absolute atomic E-state index is 0.0412. The lowest BCUT2D eigenvalue weighted by molar-refractivity contribution is -0.159. The van der Waals surface area contributed by atoms with Gasteiger partial charge in [0.25, 0.3) is 11.8 Å². The molecule has 5 rings (SSSR count). The third kappa shape index (κ3) is 6.52. The number of halogens is 3. The van der Waals surface area contributed by atoms with E-state index in [0.717, 1.165) is 5.69 Å². The largest absolute Gasteiger partial charge is 0.481 e. The van der Waals surface area contributed by atoms with Crippen LogP contribution in [0.1, 0.15) is 64.0 Å². The van der Waals surface area contributed by atoms with Crippen LogP contribution >= 0.6 is 11.6 Å². The maximum Gasteiger partial charge on any atom is 0.387 e. The van der Waals surface area contributed by atoms with Gasteiger partial charge in [0.2, 0.25) is 0 Å². The number of piperidine rings is 2. The lowest BCUT2D eigenvalue weighted by Gasteiger charge is -2.46. The lowest BCUT2D eigenvalue weighted by Crippen LogP contribution is -2.58. The van der Waals surface area contributed by atoms with E-state index in [1.54, 1.807) is 15.8 Å². The maximum atomic E-state index is 14.2. The normalized spacial score (nSPS) is 20.7. The Morgan fingerprint density at radius 1 is 1.04 bits per heavy atom. The number of amides is 2. The number of carboxylic acids is 1. The summed E-state index contributed by atoms with van der Waals surface area (Å²) in [6.45, 7) is 2.62. The number of carboxylic acid groups (broad SMARTS) is 1. The first-order valence-corrected chi connectivity index (χ1v) is 15.6. The summed E-state index contributed by atoms with van der Waals surface area (Å²) in [7, 11) is 1.53. The molecule has 45 heavy (non-hydrogen) atoms. The molecule has 2 aromatic rings. The molecule has 1 saturated carbocycles. The molecule has 0 spiro atoms. The second-order valence-corrected chi connectivity index (χ2v) is 13.1. The molecule has 3 aliphatic rings. The number of rotatable bonds is 11. The molecule has 246 valence electrons. The monoisotopic (exact) mass is 651 g/mol. The molecule has 0 bridgehead atoms. The molecule has 2 saturated heterocycles. The first-order valence-electron chi connectivity index (χ1n) is 15.3. The average Bonchev–Trinajstić information content (AvgIpc) is 3.65. The van der Waals surface area contributed by atoms with E-state index >= 15 is 0 Å². The fourth-order valence-electron chi connectivity index (χ4n) is 6.67. The van der Waals surface area contributed by atoms with E-state index in [1.807, 2.05) is 19.9 Å². The summed E-state index contributed by atoms with van der Waals surface area (Å²) < 4.78 is 38.1. The molecular formula is C31H40ClF2N5O6. The van der Waals surface area contributed by atoms with E-state index in [9.17, 15) is 28.3 Å². The summed E-state index contributed by atoms with van der Waals surface area (Å²) in [5.74, 6) is -1.63. The molecule has 3 fully saturated rings. The Labute approximate surface area is 265 Å². The van der Waals surface area contributed by atoms with Crippen molar-refractivity contribution in [3.8, 4) is 5.75 Å². The van der Waals surface area contributed by atoms with Gasteiger partial charge in [-0.15, -0.1) is 0 Å². The van der Waals surface area contributed by atoms with Gasteiger partial charge in [-0.1, -0.05) is 25.4 Å². The SMILES string of the molecule is COC1(C(=O)N2CCC(CN3CCC(C(=O)Nc4ccc(Cl)cc4OC(F)F)(n4nccc4C(C)C)CC3)(C(=O)O)CC2)CC1. The van der Waals surface area contributed by atoms with Crippen LogP contribution in [0, 0.1) is 5.41 Å². The number of nitrogens with zero attached hydrogens (tertiary/aromatic N) is 4. The van der Waals surface area contributed by atoms with Crippen molar-refractivity contribution in [1.29, 1.82) is 0 Å². The zero-order valence-electron chi connectivity index (χ0n) is 25.7. The van der Waals surface area contributed by atoms with Crippen molar-refractivity contribution in [3.63, 3.8) is 0 Å². The highest BCUT2D eigenvalue weighted by atomic mass is 35.5. The molecule has 2 amide bonds. The number of nitrogens with one attached hydrogen (secondary N) is 1. The number of methoxy groups -OCH3 is 1. The number of carbonyl (C=O) groups is 3. The quantitative estimate of drug-likeness (QED) is 0.362. The van der Waals surface area contributed by atoms with E-state index in [2.05, 4.69) is 20.1 Å². The summed E-state index contributed by atoms with van der Waals surface area (Å²) in [5, 5.41) is 17.9. The first kappa shape index (κ1) is 33.1. The van der Waals surface area contributed by atoms with E-state index in [1.165, 1.54) is 25.3 Å². The lowest BCUT2D eigenvalue weighted by atomic mass is 9.76. The van der Waals surface area contributed by atoms with E-state index in [-0.39, 0.29) is 34.8 Å². The van der Waals surface area contributed by atoms with Gasteiger partial charge < -0.3 is 29.7 Å². The Morgan fingerprint density at radius 3 is 2.27 bits per heavy atom. The molecule has 1 aromatic carbocycles. The predicted molar refractivity (Wildman–Crippen MR) is 162 cm³/mol. The standard InChI is InChI=1S/C31H40ClF2N5O6/c1-20(2)23-6-13-35-39(23)30(25(40)36-22-5-4-21(32)18-24(22)45-28(33)34)11-14-37(15-12-30)19-29(27(42)43)9-16-38(17-10-29)26(41)31(44-3)7-8-31/h4-6,13,18,20,28H,7-12,14-17,19H2,1-3H3,(H,36,40)(H,42,43). The number of aliphatic carboxylic acids is 1. The Kier molecular flexibility index (Phi) is 9.44. The van der Waals surface area contributed by atoms with Crippen LogP contribution < -0.4 is 10.1 Å². The third-order valence-corrected chi connectivity index (χ3v) is 9.89. The first-order chi connectivity index (χ1) is 21.3. The van der Waals surface area contributed by atoms with E-state index in [0.29, 0.717) is 64.7 Å². The highest BCUT2D eigenvalue weighted by molar-refractivity contribution is 6.30. The number of carbonyl (C=O) groups excluding carboxylic acids is 2. The van der Waals surface area contributed by atoms with Gasteiger partial charge in [-0.2, -0.15) is 13.9 Å². The van der Waals surface area contributed by atoms with Crippen molar-refractivity contribution >= 4 is 35.1 Å². The van der Waals surface area contributed by atoms with Crippen molar-refractivity contribution in [3.05, 3.63) is 41.2 Å². The molecule has 0 atom stereocenters. The van der Waals surface area contributed by atoms with Crippen molar-refractivity contribution < 1.29 is 37.7 Å². The van der Waals surface area contributed by atoms with Gasteiger partial charge in [0, 0.05) is 62.8 Å². The van der Waals surface area contributed by atoms with Gasteiger partial charge in [-0.3, -0.25) is 19.1 Å². The highest BCUT2D eigenvalue weighted by Crippen LogP contribution is 2.43. The summed E-state index contributed by atoms with van der Waals surface area (Å²) in [5.41, 5.74) is -2.08.